The molecule has 0 unspecified atom stereocenters. The molecule has 1 aromatic carbocycles. The van der Waals surface area contributed by atoms with Crippen molar-refractivity contribution in [2.24, 2.45) is 0 Å². The van der Waals surface area contributed by atoms with Gasteiger partial charge >= 0.3 is 5.97 Å². The maximum atomic E-state index is 12.8. The van der Waals surface area contributed by atoms with Crippen LogP contribution in [0.2, 0.25) is 0 Å². The second-order valence-corrected chi connectivity index (χ2v) is 6.05. The summed E-state index contributed by atoms with van der Waals surface area (Å²) in [4.78, 5) is 29.0. The molecule has 0 bridgehead atoms. The Bertz CT molecular complexity index is 1100. The largest absolute Gasteiger partial charge is 0.458 e. The summed E-state index contributed by atoms with van der Waals surface area (Å²) in [7, 11) is 0. The first-order valence-electron chi connectivity index (χ1n) is 7.64. The Labute approximate surface area is 135 Å². The zero-order valence-corrected chi connectivity index (χ0v) is 12.5. The molecule has 6 nitrogen and oxygen atoms in total. The molecule has 0 saturated heterocycles. The Kier molecular flexibility index (Phi) is 2.53. The first-order chi connectivity index (χ1) is 11.6. The number of pyridine rings is 2. The number of fused-ring (bicyclic) bond motifs is 5. The summed E-state index contributed by atoms with van der Waals surface area (Å²) < 4.78 is 6.51. The third-order valence-electron chi connectivity index (χ3n) is 4.69. The van der Waals surface area contributed by atoms with Gasteiger partial charge in [-0.05, 0) is 18.2 Å². The molecule has 1 N–H and O–H groups in total. The van der Waals surface area contributed by atoms with Crippen LogP contribution in [0.25, 0.3) is 22.3 Å². The highest BCUT2D eigenvalue weighted by molar-refractivity contribution is 5.84. The number of cyclic esters (lactones) is 1. The molecule has 6 heteroatoms. The number of esters is 1. The first-order valence-corrected chi connectivity index (χ1v) is 7.64. The zero-order valence-electron chi connectivity index (χ0n) is 12.5. The molecule has 2 aliphatic heterocycles. The van der Waals surface area contributed by atoms with Crippen molar-refractivity contribution in [2.45, 2.75) is 19.3 Å². The summed E-state index contributed by atoms with van der Waals surface area (Å²) in [6, 6.07) is 11.5. The molecule has 0 aliphatic carbocycles. The van der Waals surface area contributed by atoms with Crippen molar-refractivity contribution < 1.29 is 14.6 Å². The van der Waals surface area contributed by atoms with E-state index in [4.69, 9.17) is 4.74 Å². The maximum absolute atomic E-state index is 12.8. The third-order valence-corrected chi connectivity index (χ3v) is 4.69. The van der Waals surface area contributed by atoms with Gasteiger partial charge in [0.1, 0.15) is 6.61 Å². The molecule has 1 atom stereocenters. The van der Waals surface area contributed by atoms with Gasteiger partial charge in [0, 0.05) is 16.5 Å². The fourth-order valence-electron chi connectivity index (χ4n) is 3.47. The second kappa shape index (κ2) is 4.52. The number of nitrogens with zero attached hydrogens (tertiary/aromatic N) is 2. The average molecular weight is 320 g/mol. The van der Waals surface area contributed by atoms with Crippen LogP contribution in [0.15, 0.2) is 41.2 Å². The van der Waals surface area contributed by atoms with E-state index in [0.29, 0.717) is 23.4 Å². The highest BCUT2D eigenvalue weighted by Crippen LogP contribution is 2.34. The van der Waals surface area contributed by atoms with Crippen LogP contribution in [0, 0.1) is 0 Å². The summed E-state index contributed by atoms with van der Waals surface area (Å²) in [6.45, 7) is 0.328. The SMILES string of the molecule is O=C1OCc2c(cc3n(c2=O)Cc2cc4ccccc4nc2-3)[C@H]1O. The number of rotatable bonds is 0. The predicted octanol–water partition coefficient (Wildman–Crippen LogP) is 1.52. The lowest BCUT2D eigenvalue weighted by atomic mass is 10.0. The number of benzene rings is 1. The predicted molar refractivity (Wildman–Crippen MR) is 85.3 cm³/mol. The molecule has 3 aromatic rings. The Balaban J connectivity index is 1.80. The fraction of sp³-hybridized carbons (Fsp3) is 0.167. The molecule has 0 saturated carbocycles. The molecular weight excluding hydrogens is 308 g/mol. The number of hydrogen-bond donors (Lipinski definition) is 1. The van der Waals surface area contributed by atoms with E-state index in [2.05, 4.69) is 4.98 Å². The number of carbonyl (C=O) groups is 1. The standard InChI is InChI=1S/C18H12N2O4/c21-16-11-6-14-15-10(5-9-3-1-2-4-13(9)19-15)7-20(14)17(22)12(11)8-24-18(16)23/h1-6,16,21H,7-8H2/t16-/m1/s1. The van der Waals surface area contributed by atoms with Gasteiger partial charge in [-0.1, -0.05) is 18.2 Å². The fourth-order valence-corrected chi connectivity index (χ4v) is 3.47. The van der Waals surface area contributed by atoms with Gasteiger partial charge in [0.05, 0.1) is 29.0 Å². The van der Waals surface area contributed by atoms with Crippen molar-refractivity contribution in [3.8, 4) is 11.4 Å². The van der Waals surface area contributed by atoms with Crippen molar-refractivity contribution in [2.75, 3.05) is 0 Å². The van der Waals surface area contributed by atoms with Crippen LogP contribution in [-0.2, 0) is 22.7 Å². The van der Waals surface area contributed by atoms with Crippen molar-refractivity contribution in [1.29, 1.82) is 0 Å². The number of aliphatic hydroxyl groups excluding tert-OH is 1. The Morgan fingerprint density at radius 3 is 2.92 bits per heavy atom. The molecule has 2 aliphatic rings. The summed E-state index contributed by atoms with van der Waals surface area (Å²) in [5.41, 5.74) is 3.57. The van der Waals surface area contributed by atoms with Gasteiger partial charge in [-0.25, -0.2) is 9.78 Å². The number of ether oxygens (including phenoxy) is 1. The van der Waals surface area contributed by atoms with Crippen LogP contribution in [0.4, 0.5) is 0 Å². The van der Waals surface area contributed by atoms with Gasteiger partial charge < -0.3 is 14.4 Å². The molecule has 4 heterocycles. The van der Waals surface area contributed by atoms with Crippen molar-refractivity contribution in [3.63, 3.8) is 0 Å². The molecule has 118 valence electrons. The Hall–Kier alpha value is -2.99. The second-order valence-electron chi connectivity index (χ2n) is 6.05. The summed E-state index contributed by atoms with van der Waals surface area (Å²) in [6.07, 6.45) is -1.42. The van der Waals surface area contributed by atoms with E-state index in [0.717, 1.165) is 22.2 Å². The van der Waals surface area contributed by atoms with Crippen LogP contribution < -0.4 is 5.56 Å². The van der Waals surface area contributed by atoms with E-state index in [1.807, 2.05) is 30.3 Å². The molecule has 24 heavy (non-hydrogen) atoms. The van der Waals surface area contributed by atoms with Crippen LogP contribution in [0.5, 0.6) is 0 Å². The van der Waals surface area contributed by atoms with E-state index >= 15 is 0 Å². The first kappa shape index (κ1) is 13.4. The van der Waals surface area contributed by atoms with E-state index in [1.54, 1.807) is 10.6 Å². The molecular formula is C18H12N2O4. The number of aliphatic hydroxyl groups is 1. The molecule has 2 aromatic heterocycles. The topological polar surface area (TPSA) is 81.4 Å². The smallest absolute Gasteiger partial charge is 0.340 e. The minimum absolute atomic E-state index is 0.101. The van der Waals surface area contributed by atoms with Gasteiger partial charge in [0.2, 0.25) is 0 Å². The lowest BCUT2D eigenvalue weighted by molar-refractivity contribution is -0.157. The lowest BCUT2D eigenvalue weighted by Gasteiger charge is -2.21. The van der Waals surface area contributed by atoms with E-state index in [1.165, 1.54) is 0 Å². The molecule has 0 amide bonds. The van der Waals surface area contributed by atoms with Crippen LogP contribution in [0.3, 0.4) is 0 Å². The summed E-state index contributed by atoms with van der Waals surface area (Å²) in [5, 5.41) is 11.1. The van der Waals surface area contributed by atoms with Gasteiger partial charge in [-0.15, -0.1) is 0 Å². The summed E-state index contributed by atoms with van der Waals surface area (Å²) in [5.74, 6) is -0.725. The Morgan fingerprint density at radius 1 is 1.21 bits per heavy atom. The van der Waals surface area contributed by atoms with E-state index in [-0.39, 0.29) is 12.2 Å². The third kappa shape index (κ3) is 1.66. The molecule has 0 spiro atoms. The number of para-hydroxylation sites is 1. The molecule has 0 fully saturated rings. The number of carbonyl (C=O) groups excluding carboxylic acids is 1. The minimum Gasteiger partial charge on any atom is -0.458 e. The minimum atomic E-state index is -1.42. The zero-order chi connectivity index (χ0) is 16.4. The maximum Gasteiger partial charge on any atom is 0.340 e. The van der Waals surface area contributed by atoms with Crippen LogP contribution >= 0.6 is 0 Å². The summed E-state index contributed by atoms with van der Waals surface area (Å²) >= 11 is 0. The van der Waals surface area contributed by atoms with Crippen molar-refractivity contribution in [3.05, 3.63) is 63.4 Å². The van der Waals surface area contributed by atoms with Crippen LogP contribution in [0.1, 0.15) is 22.8 Å². The van der Waals surface area contributed by atoms with Gasteiger partial charge in [-0.3, -0.25) is 4.79 Å². The highest BCUT2D eigenvalue weighted by Gasteiger charge is 2.33. The molecule has 5 rings (SSSR count). The quantitative estimate of drug-likeness (QED) is 0.497. The van der Waals surface area contributed by atoms with Crippen molar-refractivity contribution in [1.82, 2.24) is 9.55 Å². The van der Waals surface area contributed by atoms with Crippen LogP contribution in [-0.4, -0.2) is 20.6 Å². The van der Waals surface area contributed by atoms with Gasteiger partial charge in [0.25, 0.3) is 5.56 Å². The number of aromatic nitrogens is 2. The average Bonchev–Trinajstić information content (AvgIpc) is 2.95. The normalized spacial score (nSPS) is 18.0. The van der Waals surface area contributed by atoms with E-state index in [9.17, 15) is 14.7 Å². The monoisotopic (exact) mass is 320 g/mol. The van der Waals surface area contributed by atoms with Gasteiger partial charge in [-0.2, -0.15) is 0 Å². The lowest BCUT2D eigenvalue weighted by Crippen LogP contribution is -2.32. The Morgan fingerprint density at radius 2 is 2.04 bits per heavy atom. The van der Waals surface area contributed by atoms with E-state index < -0.39 is 12.1 Å². The van der Waals surface area contributed by atoms with Gasteiger partial charge in [0.15, 0.2) is 6.10 Å². The highest BCUT2D eigenvalue weighted by atomic mass is 16.5. The molecule has 0 radical (unpaired) electrons. The van der Waals surface area contributed by atoms with Crippen molar-refractivity contribution >= 4 is 16.9 Å². The number of hydrogen-bond acceptors (Lipinski definition) is 5.